The summed E-state index contributed by atoms with van der Waals surface area (Å²) in [7, 11) is -3.60. The van der Waals surface area contributed by atoms with E-state index in [4.69, 9.17) is 5.11 Å². The number of hydrogen-bond acceptors (Lipinski definition) is 3. The summed E-state index contributed by atoms with van der Waals surface area (Å²) in [6, 6.07) is 8.41. The lowest BCUT2D eigenvalue weighted by Gasteiger charge is -2.26. The molecule has 0 spiro atoms. The first kappa shape index (κ1) is 13.9. The van der Waals surface area contributed by atoms with E-state index < -0.39 is 27.8 Å². The van der Waals surface area contributed by atoms with Crippen LogP contribution in [-0.4, -0.2) is 31.3 Å². The zero-order valence-electron chi connectivity index (χ0n) is 10.5. The summed E-state index contributed by atoms with van der Waals surface area (Å²) in [5, 5.41) is 8.49. The lowest BCUT2D eigenvalue weighted by molar-refractivity contribution is -0.135. The van der Waals surface area contributed by atoms with E-state index in [0.717, 1.165) is 17.1 Å². The number of rotatable bonds is 5. The molecule has 0 bridgehead atoms. The normalized spacial score (nSPS) is 16.4. The van der Waals surface area contributed by atoms with Gasteiger partial charge in [0.15, 0.2) is 0 Å². The fourth-order valence-corrected chi connectivity index (χ4v) is 4.41. The first-order chi connectivity index (χ1) is 9.01. The van der Waals surface area contributed by atoms with Gasteiger partial charge in [0.05, 0.1) is 10.9 Å². The van der Waals surface area contributed by atoms with Crippen LogP contribution in [0.3, 0.4) is 0 Å². The van der Waals surface area contributed by atoms with Gasteiger partial charge in [-0.25, -0.2) is 8.42 Å². The molecule has 1 N–H and O–H groups in total. The molecule has 5 nitrogen and oxygen atoms in total. The quantitative estimate of drug-likeness (QED) is 0.895. The third-order valence-corrected chi connectivity index (χ3v) is 5.62. The van der Waals surface area contributed by atoms with Crippen molar-refractivity contribution in [3.8, 4) is 0 Å². The van der Waals surface area contributed by atoms with E-state index in [1.165, 1.54) is 0 Å². The Morgan fingerprint density at radius 1 is 1.21 bits per heavy atom. The van der Waals surface area contributed by atoms with Crippen molar-refractivity contribution in [2.24, 2.45) is 0 Å². The first-order valence-corrected chi connectivity index (χ1v) is 7.80. The standard InChI is InChI=1S/C13H17NO4S/c15-13(16)10-14(11-6-2-1-3-7-11)19(17,18)12-8-4-5-9-12/h1-3,6-7,12H,4-5,8-10H2,(H,15,16). The maximum Gasteiger partial charge on any atom is 0.324 e. The van der Waals surface area contributed by atoms with Crippen LogP contribution in [0.15, 0.2) is 30.3 Å². The molecule has 0 heterocycles. The van der Waals surface area contributed by atoms with E-state index in [-0.39, 0.29) is 0 Å². The average Bonchev–Trinajstić information content (AvgIpc) is 2.91. The Kier molecular flexibility index (Phi) is 4.09. The van der Waals surface area contributed by atoms with Gasteiger partial charge in [-0.3, -0.25) is 9.10 Å². The van der Waals surface area contributed by atoms with Crippen molar-refractivity contribution in [3.05, 3.63) is 30.3 Å². The number of sulfonamides is 1. The van der Waals surface area contributed by atoms with Crippen molar-refractivity contribution >= 4 is 21.7 Å². The number of aliphatic carboxylic acids is 1. The van der Waals surface area contributed by atoms with E-state index in [1.807, 2.05) is 0 Å². The van der Waals surface area contributed by atoms with Crippen LogP contribution in [0.4, 0.5) is 5.69 Å². The van der Waals surface area contributed by atoms with Crippen LogP contribution in [0.2, 0.25) is 0 Å². The van der Waals surface area contributed by atoms with Gasteiger partial charge in [-0.2, -0.15) is 0 Å². The predicted octanol–water partition coefficient (Wildman–Crippen LogP) is 1.85. The van der Waals surface area contributed by atoms with Crippen LogP contribution < -0.4 is 4.31 Å². The number of anilines is 1. The van der Waals surface area contributed by atoms with E-state index in [9.17, 15) is 13.2 Å². The number of benzene rings is 1. The topological polar surface area (TPSA) is 74.7 Å². The monoisotopic (exact) mass is 283 g/mol. The summed E-state index contributed by atoms with van der Waals surface area (Å²) in [4.78, 5) is 10.9. The molecule has 19 heavy (non-hydrogen) atoms. The Hall–Kier alpha value is -1.56. The molecule has 1 aromatic rings. The van der Waals surface area contributed by atoms with E-state index in [2.05, 4.69) is 0 Å². The Bertz CT molecular complexity index is 535. The lowest BCUT2D eigenvalue weighted by Crippen LogP contribution is -2.41. The number of hydrogen-bond donors (Lipinski definition) is 1. The number of para-hydroxylation sites is 1. The van der Waals surface area contributed by atoms with Gasteiger partial charge in [0.1, 0.15) is 6.54 Å². The van der Waals surface area contributed by atoms with Crippen molar-refractivity contribution in [1.29, 1.82) is 0 Å². The molecule has 0 amide bonds. The van der Waals surface area contributed by atoms with Gasteiger partial charge < -0.3 is 5.11 Å². The molecule has 104 valence electrons. The van der Waals surface area contributed by atoms with Crippen LogP contribution in [0.1, 0.15) is 25.7 Å². The number of nitrogens with zero attached hydrogens (tertiary/aromatic N) is 1. The van der Waals surface area contributed by atoms with Crippen LogP contribution in [0, 0.1) is 0 Å². The molecule has 1 aliphatic carbocycles. The molecule has 0 saturated heterocycles. The van der Waals surface area contributed by atoms with Crippen LogP contribution in [0.5, 0.6) is 0 Å². The summed E-state index contributed by atoms with van der Waals surface area (Å²) < 4.78 is 26.1. The highest BCUT2D eigenvalue weighted by Gasteiger charge is 2.35. The van der Waals surface area contributed by atoms with Crippen LogP contribution >= 0.6 is 0 Å². The Balaban J connectivity index is 2.34. The summed E-state index contributed by atoms with van der Waals surface area (Å²) in [5.74, 6) is -1.15. The van der Waals surface area contributed by atoms with E-state index in [1.54, 1.807) is 30.3 Å². The molecule has 2 rings (SSSR count). The van der Waals surface area contributed by atoms with Crippen LogP contribution in [-0.2, 0) is 14.8 Å². The maximum atomic E-state index is 12.5. The van der Waals surface area contributed by atoms with Gasteiger partial charge in [0.2, 0.25) is 10.0 Å². The first-order valence-electron chi connectivity index (χ1n) is 6.30. The molecule has 1 saturated carbocycles. The Labute approximate surface area is 112 Å². The summed E-state index contributed by atoms with van der Waals surface area (Å²) in [5.41, 5.74) is 0.414. The maximum absolute atomic E-state index is 12.5. The molecule has 6 heteroatoms. The fraction of sp³-hybridized carbons (Fsp3) is 0.462. The molecule has 1 aromatic carbocycles. The number of carbonyl (C=O) groups is 1. The minimum Gasteiger partial charge on any atom is -0.480 e. The molecule has 0 aliphatic heterocycles. The van der Waals surface area contributed by atoms with E-state index >= 15 is 0 Å². The third-order valence-electron chi connectivity index (χ3n) is 3.35. The second-order valence-corrected chi connectivity index (χ2v) is 6.82. The predicted molar refractivity (Wildman–Crippen MR) is 72.6 cm³/mol. The summed E-state index contributed by atoms with van der Waals surface area (Å²) in [6.45, 7) is -0.525. The van der Waals surface area contributed by atoms with Crippen LogP contribution in [0.25, 0.3) is 0 Å². The number of carboxylic acid groups (broad SMARTS) is 1. The van der Waals surface area contributed by atoms with Gasteiger partial charge in [-0.15, -0.1) is 0 Å². The minimum atomic E-state index is -3.60. The highest BCUT2D eigenvalue weighted by Crippen LogP contribution is 2.29. The molecule has 1 fully saturated rings. The zero-order valence-corrected chi connectivity index (χ0v) is 11.3. The highest BCUT2D eigenvalue weighted by molar-refractivity contribution is 7.93. The van der Waals surface area contributed by atoms with Crippen molar-refractivity contribution in [3.63, 3.8) is 0 Å². The molecular weight excluding hydrogens is 266 g/mol. The SMILES string of the molecule is O=C(O)CN(c1ccccc1)S(=O)(=O)C1CCCC1. The molecular formula is C13H17NO4S. The highest BCUT2D eigenvalue weighted by atomic mass is 32.2. The largest absolute Gasteiger partial charge is 0.480 e. The van der Waals surface area contributed by atoms with E-state index in [0.29, 0.717) is 18.5 Å². The second kappa shape index (κ2) is 5.61. The summed E-state index contributed by atoms with van der Waals surface area (Å²) in [6.07, 6.45) is 3.01. The molecule has 0 unspecified atom stereocenters. The van der Waals surface area contributed by atoms with Gasteiger partial charge in [0, 0.05) is 0 Å². The number of carboxylic acids is 1. The molecule has 1 aliphatic rings. The van der Waals surface area contributed by atoms with Crippen molar-refractivity contribution in [2.75, 3.05) is 10.8 Å². The van der Waals surface area contributed by atoms with Gasteiger partial charge in [-0.05, 0) is 25.0 Å². The Morgan fingerprint density at radius 3 is 2.32 bits per heavy atom. The zero-order chi connectivity index (χ0) is 13.9. The Morgan fingerprint density at radius 2 is 1.79 bits per heavy atom. The van der Waals surface area contributed by atoms with Crippen molar-refractivity contribution < 1.29 is 18.3 Å². The molecule has 0 aromatic heterocycles. The third kappa shape index (κ3) is 3.07. The van der Waals surface area contributed by atoms with Gasteiger partial charge in [-0.1, -0.05) is 31.0 Å². The van der Waals surface area contributed by atoms with Gasteiger partial charge in [0.25, 0.3) is 0 Å². The average molecular weight is 283 g/mol. The van der Waals surface area contributed by atoms with Gasteiger partial charge >= 0.3 is 5.97 Å². The van der Waals surface area contributed by atoms with Crippen molar-refractivity contribution in [2.45, 2.75) is 30.9 Å². The second-order valence-electron chi connectivity index (χ2n) is 4.69. The lowest BCUT2D eigenvalue weighted by atomic mass is 10.3. The fourth-order valence-electron chi connectivity index (χ4n) is 2.41. The smallest absolute Gasteiger partial charge is 0.324 e. The molecule has 0 radical (unpaired) electrons. The minimum absolute atomic E-state index is 0.414. The van der Waals surface area contributed by atoms with Crippen molar-refractivity contribution in [1.82, 2.24) is 0 Å². The summed E-state index contributed by atoms with van der Waals surface area (Å²) >= 11 is 0. The molecule has 0 atom stereocenters.